The Morgan fingerprint density at radius 3 is 3.00 bits per heavy atom. The number of carbonyl (C=O) groups is 1. The van der Waals surface area contributed by atoms with Crippen LogP contribution in [0.15, 0.2) is 24.5 Å². The number of aliphatic carboxylic acids is 1. The van der Waals surface area contributed by atoms with Crippen molar-refractivity contribution < 1.29 is 14.6 Å². The van der Waals surface area contributed by atoms with Crippen LogP contribution in [0, 0.1) is 0 Å². The highest BCUT2D eigenvalue weighted by Gasteiger charge is 2.42. The van der Waals surface area contributed by atoms with Gasteiger partial charge in [0.1, 0.15) is 5.41 Å². The summed E-state index contributed by atoms with van der Waals surface area (Å²) in [4.78, 5) is 15.3. The topological polar surface area (TPSA) is 59.4 Å². The largest absolute Gasteiger partial charge is 0.481 e. The van der Waals surface area contributed by atoms with Gasteiger partial charge in [-0.2, -0.15) is 0 Å². The minimum Gasteiger partial charge on any atom is -0.481 e. The molecule has 2 heterocycles. The third-order valence-electron chi connectivity index (χ3n) is 2.86. The summed E-state index contributed by atoms with van der Waals surface area (Å²) in [7, 11) is 0. The average molecular weight is 207 g/mol. The van der Waals surface area contributed by atoms with E-state index in [1.165, 1.54) is 0 Å². The highest BCUT2D eigenvalue weighted by Crippen LogP contribution is 2.32. The third kappa shape index (κ3) is 1.72. The fourth-order valence-corrected chi connectivity index (χ4v) is 1.96. The summed E-state index contributed by atoms with van der Waals surface area (Å²) in [5, 5.41) is 9.33. The van der Waals surface area contributed by atoms with E-state index in [9.17, 15) is 9.90 Å². The van der Waals surface area contributed by atoms with Gasteiger partial charge in [0.05, 0.1) is 6.61 Å². The number of carboxylic acid groups (broad SMARTS) is 1. The second kappa shape index (κ2) is 3.98. The summed E-state index contributed by atoms with van der Waals surface area (Å²) < 4.78 is 5.29. The van der Waals surface area contributed by atoms with Crippen LogP contribution in [0.5, 0.6) is 0 Å². The van der Waals surface area contributed by atoms with Crippen molar-refractivity contribution in [2.75, 3.05) is 13.2 Å². The first-order valence-electron chi connectivity index (χ1n) is 4.97. The van der Waals surface area contributed by atoms with Crippen molar-refractivity contribution in [3.63, 3.8) is 0 Å². The fraction of sp³-hybridized carbons (Fsp3) is 0.455. The van der Waals surface area contributed by atoms with E-state index in [1.807, 2.05) is 0 Å². The quantitative estimate of drug-likeness (QED) is 0.792. The molecule has 0 aromatic carbocycles. The van der Waals surface area contributed by atoms with Crippen LogP contribution in [0.2, 0.25) is 0 Å². The molecule has 2 rings (SSSR count). The smallest absolute Gasteiger partial charge is 0.316 e. The van der Waals surface area contributed by atoms with Crippen molar-refractivity contribution in [1.82, 2.24) is 4.98 Å². The van der Waals surface area contributed by atoms with Crippen LogP contribution in [0.1, 0.15) is 18.4 Å². The van der Waals surface area contributed by atoms with Gasteiger partial charge >= 0.3 is 5.97 Å². The maximum atomic E-state index is 11.4. The Morgan fingerprint density at radius 1 is 1.60 bits per heavy atom. The second-order valence-corrected chi connectivity index (χ2v) is 3.79. The number of ether oxygens (including phenoxy) is 1. The molecule has 4 nitrogen and oxygen atoms in total. The Morgan fingerprint density at radius 2 is 2.47 bits per heavy atom. The number of rotatable bonds is 2. The SMILES string of the molecule is O=C(O)C1(c2cccnc2)CCCOC1. The Labute approximate surface area is 87.9 Å². The first-order chi connectivity index (χ1) is 7.26. The summed E-state index contributed by atoms with van der Waals surface area (Å²) in [5.74, 6) is -0.824. The van der Waals surface area contributed by atoms with Crippen molar-refractivity contribution in [3.05, 3.63) is 30.1 Å². The monoisotopic (exact) mass is 207 g/mol. The fourth-order valence-electron chi connectivity index (χ4n) is 1.96. The number of pyridine rings is 1. The molecule has 4 heteroatoms. The van der Waals surface area contributed by atoms with E-state index in [4.69, 9.17) is 4.74 Å². The molecule has 1 aromatic rings. The van der Waals surface area contributed by atoms with Gasteiger partial charge < -0.3 is 9.84 Å². The van der Waals surface area contributed by atoms with Crippen LogP contribution in [0.3, 0.4) is 0 Å². The molecule has 15 heavy (non-hydrogen) atoms. The van der Waals surface area contributed by atoms with Crippen molar-refractivity contribution in [1.29, 1.82) is 0 Å². The van der Waals surface area contributed by atoms with Crippen LogP contribution >= 0.6 is 0 Å². The number of hydrogen-bond acceptors (Lipinski definition) is 3. The molecular formula is C11H13NO3. The van der Waals surface area contributed by atoms with Crippen LogP contribution in [0.25, 0.3) is 0 Å². The van der Waals surface area contributed by atoms with E-state index in [1.54, 1.807) is 24.5 Å². The van der Waals surface area contributed by atoms with Crippen LogP contribution in [-0.2, 0) is 14.9 Å². The zero-order chi connectivity index (χ0) is 10.7. The normalized spacial score (nSPS) is 26.1. The zero-order valence-corrected chi connectivity index (χ0v) is 8.35. The minimum atomic E-state index is -0.896. The van der Waals surface area contributed by atoms with E-state index < -0.39 is 11.4 Å². The van der Waals surface area contributed by atoms with Gasteiger partial charge in [0.25, 0.3) is 0 Å². The van der Waals surface area contributed by atoms with E-state index in [2.05, 4.69) is 4.98 Å². The van der Waals surface area contributed by atoms with Gasteiger partial charge in [-0.3, -0.25) is 9.78 Å². The zero-order valence-electron chi connectivity index (χ0n) is 8.35. The predicted octanol–water partition coefficient (Wildman–Crippen LogP) is 1.21. The highest BCUT2D eigenvalue weighted by molar-refractivity contribution is 5.81. The molecule has 0 aliphatic carbocycles. The number of hydrogen-bond donors (Lipinski definition) is 1. The summed E-state index contributed by atoms with van der Waals surface area (Å²) in [6, 6.07) is 3.56. The van der Waals surface area contributed by atoms with Crippen LogP contribution < -0.4 is 0 Å². The Hall–Kier alpha value is -1.42. The molecule has 1 fully saturated rings. The number of aromatic nitrogens is 1. The van der Waals surface area contributed by atoms with E-state index >= 15 is 0 Å². The summed E-state index contributed by atoms with van der Waals surface area (Å²) in [6.07, 6.45) is 4.65. The Bertz CT molecular complexity index is 344. The summed E-state index contributed by atoms with van der Waals surface area (Å²) in [5.41, 5.74) is -0.163. The van der Waals surface area contributed by atoms with E-state index in [0.29, 0.717) is 13.0 Å². The van der Waals surface area contributed by atoms with Gasteiger partial charge in [0.15, 0.2) is 0 Å². The van der Waals surface area contributed by atoms with Gasteiger partial charge in [0, 0.05) is 19.0 Å². The third-order valence-corrected chi connectivity index (χ3v) is 2.86. The predicted molar refractivity (Wildman–Crippen MR) is 53.6 cm³/mol. The van der Waals surface area contributed by atoms with Gasteiger partial charge in [-0.1, -0.05) is 6.07 Å². The molecule has 0 amide bonds. The maximum absolute atomic E-state index is 11.4. The standard InChI is InChI=1S/C11H13NO3/c13-10(14)11(4-2-6-15-8-11)9-3-1-5-12-7-9/h1,3,5,7H,2,4,6,8H2,(H,13,14). The Kier molecular flexibility index (Phi) is 2.68. The molecule has 1 atom stereocenters. The minimum absolute atomic E-state index is 0.244. The number of carboxylic acids is 1. The summed E-state index contributed by atoms with van der Waals surface area (Å²) >= 11 is 0. The van der Waals surface area contributed by atoms with Gasteiger partial charge in [0.2, 0.25) is 0 Å². The lowest BCUT2D eigenvalue weighted by Gasteiger charge is -2.32. The molecule has 1 aromatic heterocycles. The lowest BCUT2D eigenvalue weighted by molar-refractivity contribution is -0.149. The molecule has 80 valence electrons. The van der Waals surface area contributed by atoms with Crippen molar-refractivity contribution in [2.24, 2.45) is 0 Å². The lowest BCUT2D eigenvalue weighted by atomic mass is 9.77. The molecule has 1 N–H and O–H groups in total. The molecule has 0 saturated carbocycles. The maximum Gasteiger partial charge on any atom is 0.316 e. The van der Waals surface area contributed by atoms with Crippen LogP contribution in [-0.4, -0.2) is 29.3 Å². The summed E-state index contributed by atoms with van der Waals surface area (Å²) in [6.45, 7) is 0.892. The van der Waals surface area contributed by atoms with E-state index in [0.717, 1.165) is 12.0 Å². The molecule has 0 bridgehead atoms. The van der Waals surface area contributed by atoms with Gasteiger partial charge in [-0.05, 0) is 24.5 Å². The van der Waals surface area contributed by atoms with E-state index in [-0.39, 0.29) is 6.61 Å². The van der Waals surface area contributed by atoms with Gasteiger partial charge in [-0.15, -0.1) is 0 Å². The first-order valence-corrected chi connectivity index (χ1v) is 4.97. The Balaban J connectivity index is 2.38. The molecule has 0 radical (unpaired) electrons. The van der Waals surface area contributed by atoms with Crippen molar-refractivity contribution in [2.45, 2.75) is 18.3 Å². The lowest BCUT2D eigenvalue weighted by Crippen LogP contribution is -2.43. The van der Waals surface area contributed by atoms with Crippen molar-refractivity contribution >= 4 is 5.97 Å². The second-order valence-electron chi connectivity index (χ2n) is 3.79. The molecule has 0 spiro atoms. The molecular weight excluding hydrogens is 194 g/mol. The first kappa shape index (κ1) is 10.1. The van der Waals surface area contributed by atoms with Gasteiger partial charge in [-0.25, -0.2) is 0 Å². The molecule has 1 unspecified atom stereocenters. The molecule has 1 aliphatic heterocycles. The average Bonchev–Trinajstić information content (AvgIpc) is 2.31. The number of nitrogens with zero attached hydrogens (tertiary/aromatic N) is 1. The molecule has 1 aliphatic rings. The van der Waals surface area contributed by atoms with Crippen molar-refractivity contribution in [3.8, 4) is 0 Å². The highest BCUT2D eigenvalue weighted by atomic mass is 16.5. The molecule has 1 saturated heterocycles. The van der Waals surface area contributed by atoms with Crippen LogP contribution in [0.4, 0.5) is 0 Å².